The zero-order valence-corrected chi connectivity index (χ0v) is 15.8. The lowest BCUT2D eigenvalue weighted by molar-refractivity contribution is -0.196. The minimum absolute atomic E-state index is 0.0858. The van der Waals surface area contributed by atoms with Crippen LogP contribution in [0.1, 0.15) is 39.0 Å². The first-order valence-corrected chi connectivity index (χ1v) is 9.50. The Hall–Kier alpha value is -1.67. The highest BCUT2D eigenvalue weighted by Crippen LogP contribution is 2.61. The smallest absolute Gasteiger partial charge is 0.331 e. The fraction of sp³-hybridized carbons (Fsp3) is 0.842. The third kappa shape index (κ3) is 4.43. The average Bonchev–Trinajstić information content (AvgIpc) is 2.61. The third-order valence-corrected chi connectivity index (χ3v) is 6.09. The lowest BCUT2D eigenvalue weighted by atomic mass is 9.48. The number of rotatable bonds is 8. The molecule has 152 valence electrons. The van der Waals surface area contributed by atoms with Crippen molar-refractivity contribution in [1.82, 2.24) is 0 Å². The molecule has 4 saturated carbocycles. The number of aliphatic hydroxyl groups is 1. The van der Waals surface area contributed by atoms with Crippen molar-refractivity contribution in [3.63, 3.8) is 0 Å². The number of ether oxygens (including phenoxy) is 4. The van der Waals surface area contributed by atoms with E-state index in [1.54, 1.807) is 0 Å². The van der Waals surface area contributed by atoms with Crippen LogP contribution in [0, 0.1) is 23.2 Å². The molecule has 4 aliphatic rings. The molecule has 8 heteroatoms. The van der Waals surface area contributed by atoms with Crippen molar-refractivity contribution in [1.29, 1.82) is 0 Å². The number of hydrogen-bond acceptors (Lipinski definition) is 8. The molecular weight excluding hydrogens is 356 g/mol. The van der Waals surface area contributed by atoms with Crippen molar-refractivity contribution in [3.05, 3.63) is 0 Å². The molecule has 4 fully saturated rings. The Morgan fingerprint density at radius 2 is 1.78 bits per heavy atom. The summed E-state index contributed by atoms with van der Waals surface area (Å²) in [5, 5.41) is 9.89. The molecule has 8 nitrogen and oxygen atoms in total. The monoisotopic (exact) mass is 384 g/mol. The summed E-state index contributed by atoms with van der Waals surface area (Å²) in [7, 11) is 1.25. The van der Waals surface area contributed by atoms with Gasteiger partial charge in [0, 0.05) is 6.92 Å². The van der Waals surface area contributed by atoms with E-state index in [0.29, 0.717) is 18.8 Å². The number of esters is 3. The van der Waals surface area contributed by atoms with Crippen LogP contribution in [0.4, 0.5) is 0 Å². The summed E-state index contributed by atoms with van der Waals surface area (Å²) in [4.78, 5) is 35.2. The lowest BCUT2D eigenvalue weighted by Gasteiger charge is -2.57. The van der Waals surface area contributed by atoms with Crippen LogP contribution in [-0.4, -0.2) is 62.2 Å². The van der Waals surface area contributed by atoms with E-state index < -0.39 is 17.5 Å². The topological polar surface area (TPSA) is 108 Å². The van der Waals surface area contributed by atoms with Crippen molar-refractivity contribution in [2.24, 2.45) is 23.2 Å². The van der Waals surface area contributed by atoms with E-state index in [1.165, 1.54) is 14.0 Å². The number of carbonyl (C=O) groups is 3. The van der Waals surface area contributed by atoms with E-state index in [-0.39, 0.29) is 49.7 Å². The van der Waals surface area contributed by atoms with Gasteiger partial charge in [-0.1, -0.05) is 0 Å². The van der Waals surface area contributed by atoms with Gasteiger partial charge in [0.05, 0.1) is 19.1 Å². The number of aliphatic hydroxyl groups excluding tert-OH is 1. The molecule has 1 N–H and O–H groups in total. The molecule has 0 aromatic rings. The van der Waals surface area contributed by atoms with Gasteiger partial charge in [-0.15, -0.1) is 0 Å². The molecule has 4 aliphatic carbocycles. The van der Waals surface area contributed by atoms with E-state index in [2.05, 4.69) is 4.74 Å². The molecule has 3 atom stereocenters. The van der Waals surface area contributed by atoms with Crippen LogP contribution in [0.25, 0.3) is 0 Å². The first-order valence-electron chi connectivity index (χ1n) is 9.50. The van der Waals surface area contributed by atoms with Gasteiger partial charge in [0.15, 0.2) is 0 Å². The minimum atomic E-state index is -0.999. The maximum absolute atomic E-state index is 12.8. The highest BCUT2D eigenvalue weighted by Gasteiger charge is 2.60. The Kier molecular flexibility index (Phi) is 6.05. The predicted octanol–water partition coefficient (Wildman–Crippen LogP) is 0.838. The van der Waals surface area contributed by atoms with E-state index in [1.807, 2.05) is 0 Å². The van der Waals surface area contributed by atoms with Crippen LogP contribution >= 0.6 is 0 Å². The maximum Gasteiger partial charge on any atom is 0.331 e. The van der Waals surface area contributed by atoms with Gasteiger partial charge in [-0.25, -0.2) is 4.79 Å². The van der Waals surface area contributed by atoms with Gasteiger partial charge >= 0.3 is 17.9 Å². The van der Waals surface area contributed by atoms with Crippen LogP contribution < -0.4 is 0 Å². The molecule has 27 heavy (non-hydrogen) atoms. The Bertz CT molecular complexity index is 572. The highest BCUT2D eigenvalue weighted by atomic mass is 16.6. The van der Waals surface area contributed by atoms with E-state index in [0.717, 1.165) is 19.3 Å². The molecule has 0 heterocycles. The number of carbonyl (C=O) groups excluding carboxylic acids is 3. The second kappa shape index (κ2) is 8.14. The van der Waals surface area contributed by atoms with Crippen LogP contribution in [0.2, 0.25) is 0 Å². The van der Waals surface area contributed by atoms with E-state index >= 15 is 0 Å². The molecule has 0 radical (unpaired) electrons. The molecule has 4 rings (SSSR count). The minimum Gasteiger partial charge on any atom is -0.467 e. The highest BCUT2D eigenvalue weighted by molar-refractivity contribution is 5.77. The standard InChI is InChI=1S/C19H28O8/c1-11(20)27-17-13-3-12-4-14(17)7-19(5-12,6-13)18(23)26-9-15(21)8-25-10-16(22)24-2/h12-15,17,21H,3-10H2,1-2H3. The molecule has 0 aromatic heterocycles. The van der Waals surface area contributed by atoms with Crippen LogP contribution in [0.3, 0.4) is 0 Å². The third-order valence-electron chi connectivity index (χ3n) is 6.09. The molecule has 3 unspecified atom stereocenters. The Morgan fingerprint density at radius 3 is 2.37 bits per heavy atom. The summed E-state index contributed by atoms with van der Waals surface area (Å²) in [5.41, 5.74) is -0.528. The van der Waals surface area contributed by atoms with Crippen LogP contribution in [0.15, 0.2) is 0 Å². The van der Waals surface area contributed by atoms with Crippen molar-refractivity contribution < 1.29 is 38.4 Å². The van der Waals surface area contributed by atoms with Gasteiger partial charge < -0.3 is 24.1 Å². The second-order valence-electron chi connectivity index (χ2n) is 8.17. The normalized spacial score (nSPS) is 34.8. The molecule has 0 saturated heterocycles. The lowest BCUT2D eigenvalue weighted by Crippen LogP contribution is -2.57. The van der Waals surface area contributed by atoms with Crippen LogP contribution in [-0.2, 0) is 33.3 Å². The predicted molar refractivity (Wildman–Crippen MR) is 91.3 cm³/mol. The van der Waals surface area contributed by atoms with Crippen molar-refractivity contribution in [2.75, 3.05) is 26.9 Å². The van der Waals surface area contributed by atoms with Gasteiger partial charge in [-0.2, -0.15) is 0 Å². The van der Waals surface area contributed by atoms with Gasteiger partial charge in [0.25, 0.3) is 0 Å². The fourth-order valence-electron chi connectivity index (χ4n) is 5.32. The van der Waals surface area contributed by atoms with E-state index in [4.69, 9.17) is 14.2 Å². The summed E-state index contributed by atoms with van der Waals surface area (Å²) in [6.07, 6.45) is 3.05. The fourth-order valence-corrected chi connectivity index (χ4v) is 5.32. The molecule has 0 aromatic carbocycles. The number of hydrogen-bond donors (Lipinski definition) is 1. The summed E-state index contributed by atoms with van der Waals surface area (Å²) < 4.78 is 20.4. The van der Waals surface area contributed by atoms with E-state index in [9.17, 15) is 19.5 Å². The molecular formula is C19H28O8. The first-order chi connectivity index (χ1) is 12.8. The van der Waals surface area contributed by atoms with Gasteiger partial charge in [0.2, 0.25) is 0 Å². The molecule has 0 spiro atoms. The van der Waals surface area contributed by atoms with Crippen molar-refractivity contribution in [3.8, 4) is 0 Å². The van der Waals surface area contributed by atoms with Gasteiger partial charge in [-0.3, -0.25) is 9.59 Å². The Morgan fingerprint density at radius 1 is 1.11 bits per heavy atom. The SMILES string of the molecule is COC(=O)COCC(O)COC(=O)C12CC3CC(C1)C(OC(C)=O)C(C3)C2. The first kappa shape index (κ1) is 20.1. The molecule has 4 bridgehead atoms. The van der Waals surface area contributed by atoms with Gasteiger partial charge in [0.1, 0.15) is 25.4 Å². The zero-order chi connectivity index (χ0) is 19.6. The summed E-state index contributed by atoms with van der Waals surface area (Å²) in [6.45, 7) is 0.889. The molecule has 0 amide bonds. The van der Waals surface area contributed by atoms with Crippen molar-refractivity contribution in [2.45, 2.75) is 51.2 Å². The quantitative estimate of drug-likeness (QED) is 0.484. The number of methoxy groups -OCH3 is 1. The summed E-state index contributed by atoms with van der Waals surface area (Å²) in [5.74, 6) is -0.193. The zero-order valence-electron chi connectivity index (χ0n) is 15.8. The summed E-state index contributed by atoms with van der Waals surface area (Å²) >= 11 is 0. The average molecular weight is 384 g/mol. The Balaban J connectivity index is 1.50. The second-order valence-corrected chi connectivity index (χ2v) is 8.17. The van der Waals surface area contributed by atoms with Crippen LogP contribution in [0.5, 0.6) is 0 Å². The van der Waals surface area contributed by atoms with Crippen molar-refractivity contribution >= 4 is 17.9 Å². The maximum atomic E-state index is 12.8. The largest absolute Gasteiger partial charge is 0.467 e. The van der Waals surface area contributed by atoms with Gasteiger partial charge in [-0.05, 0) is 49.9 Å². The Labute approximate surface area is 158 Å². The molecule has 0 aliphatic heterocycles. The summed E-state index contributed by atoms with van der Waals surface area (Å²) in [6, 6.07) is 0.